The summed E-state index contributed by atoms with van der Waals surface area (Å²) in [5.41, 5.74) is 3.61. The van der Waals surface area contributed by atoms with Crippen molar-refractivity contribution < 1.29 is 4.79 Å². The van der Waals surface area contributed by atoms with Crippen molar-refractivity contribution >= 4 is 45.2 Å². The summed E-state index contributed by atoms with van der Waals surface area (Å²) < 4.78 is 0.915. The lowest BCUT2D eigenvalue weighted by molar-refractivity contribution is -0.112. The summed E-state index contributed by atoms with van der Waals surface area (Å²) in [7, 11) is 0. The molecule has 0 saturated carbocycles. The van der Waals surface area contributed by atoms with Crippen LogP contribution in [0, 0.1) is 11.3 Å². The van der Waals surface area contributed by atoms with Gasteiger partial charge in [0.25, 0.3) is 5.91 Å². The molecule has 3 rings (SSSR count). The Labute approximate surface area is 177 Å². The van der Waals surface area contributed by atoms with Gasteiger partial charge in [0, 0.05) is 15.2 Å². The van der Waals surface area contributed by atoms with Gasteiger partial charge in [-0.1, -0.05) is 70.0 Å². The second-order valence-electron chi connectivity index (χ2n) is 6.14. The smallest absolute Gasteiger partial charge is 0.266 e. The topological polar surface area (TPSA) is 52.9 Å². The van der Waals surface area contributed by atoms with Crippen molar-refractivity contribution in [1.29, 1.82) is 5.26 Å². The van der Waals surface area contributed by atoms with Crippen molar-refractivity contribution in [2.24, 2.45) is 0 Å². The maximum atomic E-state index is 12.4. The maximum Gasteiger partial charge on any atom is 0.266 e. The van der Waals surface area contributed by atoms with Crippen LogP contribution in [-0.4, -0.2) is 5.91 Å². The fraction of sp³-hybridized carbons (Fsp3) is 0.0435. The van der Waals surface area contributed by atoms with Crippen LogP contribution in [0.5, 0.6) is 0 Å². The zero-order valence-electron chi connectivity index (χ0n) is 14.8. The number of nitrogens with zero attached hydrogens (tertiary/aromatic N) is 1. The van der Waals surface area contributed by atoms with Crippen LogP contribution < -0.4 is 5.32 Å². The molecule has 138 valence electrons. The number of hydrogen-bond acceptors (Lipinski definition) is 2. The van der Waals surface area contributed by atoms with E-state index < -0.39 is 5.91 Å². The second kappa shape index (κ2) is 9.36. The lowest BCUT2D eigenvalue weighted by Crippen LogP contribution is -2.13. The van der Waals surface area contributed by atoms with Crippen molar-refractivity contribution in [2.75, 3.05) is 5.32 Å². The molecule has 0 radical (unpaired) electrons. The molecule has 0 aliphatic heterocycles. The van der Waals surface area contributed by atoms with Gasteiger partial charge in [0.2, 0.25) is 0 Å². The zero-order chi connectivity index (χ0) is 19.9. The van der Waals surface area contributed by atoms with E-state index in [9.17, 15) is 10.1 Å². The first-order chi connectivity index (χ1) is 13.5. The first kappa shape index (κ1) is 19.9. The highest BCUT2D eigenvalue weighted by Crippen LogP contribution is 2.20. The molecule has 0 bridgehead atoms. The summed E-state index contributed by atoms with van der Waals surface area (Å²) in [4.78, 5) is 12.4. The molecule has 28 heavy (non-hydrogen) atoms. The van der Waals surface area contributed by atoms with E-state index in [0.29, 0.717) is 5.69 Å². The molecule has 0 saturated heterocycles. The van der Waals surface area contributed by atoms with Crippen LogP contribution in [-0.2, 0) is 11.2 Å². The molecule has 0 aromatic heterocycles. The third-order valence-corrected chi connectivity index (χ3v) is 5.01. The number of anilines is 1. The van der Waals surface area contributed by atoms with Crippen LogP contribution in [0.25, 0.3) is 6.08 Å². The minimum Gasteiger partial charge on any atom is -0.321 e. The highest BCUT2D eigenvalue weighted by atomic mass is 79.9. The lowest BCUT2D eigenvalue weighted by Gasteiger charge is -2.06. The molecule has 0 aliphatic rings. The molecule has 0 fully saturated rings. The predicted molar refractivity (Wildman–Crippen MR) is 117 cm³/mol. The van der Waals surface area contributed by atoms with E-state index >= 15 is 0 Å². The Balaban J connectivity index is 1.72. The molecule has 0 heterocycles. The second-order valence-corrected chi connectivity index (χ2v) is 7.46. The van der Waals surface area contributed by atoms with Crippen LogP contribution in [0.1, 0.15) is 16.7 Å². The molecule has 1 amide bonds. The number of halogens is 2. The molecule has 0 spiro atoms. The van der Waals surface area contributed by atoms with E-state index in [1.807, 2.05) is 66.7 Å². The van der Waals surface area contributed by atoms with Crippen LogP contribution in [0.4, 0.5) is 5.69 Å². The normalized spacial score (nSPS) is 11.0. The molecular formula is C23H16BrClN2O. The average Bonchev–Trinajstić information content (AvgIpc) is 2.70. The van der Waals surface area contributed by atoms with Gasteiger partial charge in [-0.25, -0.2) is 0 Å². The third kappa shape index (κ3) is 5.32. The molecule has 0 unspecified atom stereocenters. The zero-order valence-corrected chi connectivity index (χ0v) is 17.2. The highest BCUT2D eigenvalue weighted by molar-refractivity contribution is 9.10. The Kier molecular flexibility index (Phi) is 6.65. The summed E-state index contributed by atoms with van der Waals surface area (Å²) in [6, 6.07) is 24.6. The number of nitrogens with one attached hydrogen (secondary N) is 1. The monoisotopic (exact) mass is 450 g/mol. The average molecular weight is 452 g/mol. The molecule has 3 aromatic carbocycles. The van der Waals surface area contributed by atoms with Gasteiger partial charge in [-0.05, 0) is 59.5 Å². The summed E-state index contributed by atoms with van der Waals surface area (Å²) in [6.07, 6.45) is 2.30. The fourth-order valence-electron chi connectivity index (χ4n) is 2.64. The van der Waals surface area contributed by atoms with E-state index in [0.717, 1.165) is 32.6 Å². The minimum atomic E-state index is -0.440. The quantitative estimate of drug-likeness (QED) is 0.369. The van der Waals surface area contributed by atoms with Gasteiger partial charge in [-0.15, -0.1) is 0 Å². The molecule has 5 heteroatoms. The lowest BCUT2D eigenvalue weighted by atomic mass is 10.0. The summed E-state index contributed by atoms with van der Waals surface area (Å²) in [5.74, 6) is -0.440. The molecule has 1 N–H and O–H groups in total. The summed E-state index contributed by atoms with van der Waals surface area (Å²) >= 11 is 9.56. The van der Waals surface area contributed by atoms with Crippen molar-refractivity contribution in [3.05, 3.63) is 105 Å². The van der Waals surface area contributed by atoms with E-state index in [2.05, 4.69) is 21.2 Å². The number of benzene rings is 3. The van der Waals surface area contributed by atoms with Crippen molar-refractivity contribution in [2.45, 2.75) is 6.42 Å². The van der Waals surface area contributed by atoms with Crippen LogP contribution in [0.3, 0.4) is 0 Å². The number of nitriles is 1. The summed E-state index contributed by atoms with van der Waals surface area (Å²) in [5, 5.41) is 12.8. The van der Waals surface area contributed by atoms with Crippen LogP contribution >= 0.6 is 27.5 Å². The van der Waals surface area contributed by atoms with Gasteiger partial charge >= 0.3 is 0 Å². The predicted octanol–water partition coefficient (Wildman–Crippen LogP) is 6.24. The first-order valence-corrected chi connectivity index (χ1v) is 9.73. The largest absolute Gasteiger partial charge is 0.321 e. The Hall–Kier alpha value is -2.87. The van der Waals surface area contributed by atoms with E-state index in [4.69, 9.17) is 11.6 Å². The van der Waals surface area contributed by atoms with Crippen LogP contribution in [0.2, 0.25) is 5.02 Å². The molecule has 0 atom stereocenters. The standard InChI is InChI=1S/C23H16BrClN2O/c24-20-9-11-21(12-10-20)27-23(28)19(15-26)14-17-7-5-16(6-8-17)13-18-3-1-2-4-22(18)25/h1-12,14H,13H2,(H,27,28)/b19-14+. The SMILES string of the molecule is N#C/C(=C\c1ccc(Cc2ccccc2Cl)cc1)C(=O)Nc1ccc(Br)cc1. The van der Waals surface area contributed by atoms with Crippen LogP contribution in [0.15, 0.2) is 82.8 Å². The van der Waals surface area contributed by atoms with Gasteiger partial charge in [0.15, 0.2) is 0 Å². The third-order valence-electron chi connectivity index (χ3n) is 4.11. The van der Waals surface area contributed by atoms with E-state index in [1.54, 1.807) is 18.2 Å². The Morgan fingerprint density at radius 1 is 1.04 bits per heavy atom. The molecule has 3 nitrogen and oxygen atoms in total. The number of carbonyl (C=O) groups is 1. The minimum absolute atomic E-state index is 0.0433. The van der Waals surface area contributed by atoms with E-state index in [1.165, 1.54) is 0 Å². The Morgan fingerprint density at radius 3 is 2.36 bits per heavy atom. The van der Waals surface area contributed by atoms with Crippen molar-refractivity contribution in [1.82, 2.24) is 0 Å². The number of rotatable bonds is 5. The first-order valence-electron chi connectivity index (χ1n) is 8.56. The molecule has 3 aromatic rings. The Bertz CT molecular complexity index is 1050. The Morgan fingerprint density at radius 2 is 1.71 bits per heavy atom. The van der Waals surface area contributed by atoms with Crippen molar-refractivity contribution in [3.63, 3.8) is 0 Å². The van der Waals surface area contributed by atoms with Crippen molar-refractivity contribution in [3.8, 4) is 6.07 Å². The number of hydrogen-bond donors (Lipinski definition) is 1. The fourth-order valence-corrected chi connectivity index (χ4v) is 3.11. The van der Waals surface area contributed by atoms with Gasteiger partial charge in [-0.3, -0.25) is 4.79 Å². The van der Waals surface area contributed by atoms with Gasteiger partial charge in [0.1, 0.15) is 11.6 Å². The molecule has 0 aliphatic carbocycles. The highest BCUT2D eigenvalue weighted by Gasteiger charge is 2.09. The number of carbonyl (C=O) groups excluding carboxylic acids is 1. The number of amides is 1. The maximum absolute atomic E-state index is 12.4. The van der Waals surface area contributed by atoms with Gasteiger partial charge < -0.3 is 5.32 Å². The van der Waals surface area contributed by atoms with Gasteiger partial charge in [0.05, 0.1) is 0 Å². The summed E-state index contributed by atoms with van der Waals surface area (Å²) in [6.45, 7) is 0. The van der Waals surface area contributed by atoms with E-state index in [-0.39, 0.29) is 5.57 Å². The van der Waals surface area contributed by atoms with Gasteiger partial charge in [-0.2, -0.15) is 5.26 Å². The molecular weight excluding hydrogens is 436 g/mol.